The molecule has 1 saturated heterocycles. The Bertz CT molecular complexity index is 717. The van der Waals surface area contributed by atoms with E-state index in [1.165, 1.54) is 0 Å². The van der Waals surface area contributed by atoms with Crippen LogP contribution >= 0.6 is 0 Å². The number of rotatable bonds is 5. The molecule has 2 aromatic rings. The minimum atomic E-state index is 0.548. The lowest BCUT2D eigenvalue weighted by Crippen LogP contribution is -2.39. The first-order valence-corrected chi connectivity index (χ1v) is 8.06. The Hall–Kier alpha value is -2.62. The smallest absolute Gasteiger partial charge is 0.143 e. The zero-order chi connectivity index (χ0) is 16.8. The molecule has 1 fully saturated rings. The molecule has 6 heteroatoms. The lowest BCUT2D eigenvalue weighted by Gasteiger charge is -2.26. The van der Waals surface area contributed by atoms with Gasteiger partial charge in [0.25, 0.3) is 0 Å². The SMILES string of the molecule is N#Cc1cc(-c2ccc(N)cc2)cnc1NCCN1CCOCC1. The molecular formula is C18H21N5O. The maximum atomic E-state index is 9.41. The van der Waals surface area contributed by atoms with E-state index in [2.05, 4.69) is 21.3 Å². The molecule has 0 bridgehead atoms. The summed E-state index contributed by atoms with van der Waals surface area (Å²) in [5.41, 5.74) is 8.88. The molecule has 0 atom stereocenters. The molecule has 124 valence electrons. The van der Waals surface area contributed by atoms with Crippen LogP contribution in [0, 0.1) is 11.3 Å². The second-order valence-electron chi connectivity index (χ2n) is 5.73. The van der Waals surface area contributed by atoms with Crippen LogP contribution in [0.15, 0.2) is 36.5 Å². The zero-order valence-electron chi connectivity index (χ0n) is 13.5. The largest absolute Gasteiger partial charge is 0.399 e. The summed E-state index contributed by atoms with van der Waals surface area (Å²) in [6.07, 6.45) is 1.78. The third-order valence-corrected chi connectivity index (χ3v) is 4.08. The molecule has 0 aliphatic carbocycles. The fourth-order valence-corrected chi connectivity index (χ4v) is 2.68. The van der Waals surface area contributed by atoms with Gasteiger partial charge in [0.2, 0.25) is 0 Å². The van der Waals surface area contributed by atoms with E-state index >= 15 is 0 Å². The molecular weight excluding hydrogens is 302 g/mol. The molecule has 3 rings (SSSR count). The van der Waals surface area contributed by atoms with E-state index in [0.29, 0.717) is 17.1 Å². The van der Waals surface area contributed by atoms with E-state index in [-0.39, 0.29) is 0 Å². The van der Waals surface area contributed by atoms with Crippen molar-refractivity contribution in [2.45, 2.75) is 0 Å². The number of nitriles is 1. The number of pyridine rings is 1. The lowest BCUT2D eigenvalue weighted by molar-refractivity contribution is 0.0398. The quantitative estimate of drug-likeness (QED) is 0.818. The third-order valence-electron chi connectivity index (χ3n) is 4.08. The van der Waals surface area contributed by atoms with Gasteiger partial charge in [-0.15, -0.1) is 0 Å². The number of hydrogen-bond donors (Lipinski definition) is 2. The van der Waals surface area contributed by atoms with Crippen LogP contribution in [0.3, 0.4) is 0 Å². The van der Waals surface area contributed by atoms with Crippen LogP contribution in [0.2, 0.25) is 0 Å². The van der Waals surface area contributed by atoms with Gasteiger partial charge in [-0.25, -0.2) is 4.98 Å². The van der Waals surface area contributed by atoms with Crippen molar-refractivity contribution in [3.05, 3.63) is 42.1 Å². The van der Waals surface area contributed by atoms with E-state index in [0.717, 1.165) is 50.5 Å². The number of morpholine rings is 1. The Morgan fingerprint density at radius 3 is 2.67 bits per heavy atom. The first-order chi connectivity index (χ1) is 11.8. The van der Waals surface area contributed by atoms with Gasteiger partial charge < -0.3 is 15.8 Å². The molecule has 1 aromatic carbocycles. The van der Waals surface area contributed by atoms with Crippen LogP contribution in [-0.2, 0) is 4.74 Å². The third kappa shape index (κ3) is 4.02. The Morgan fingerprint density at radius 2 is 1.96 bits per heavy atom. The average molecular weight is 323 g/mol. The summed E-state index contributed by atoms with van der Waals surface area (Å²) in [5.74, 6) is 0.630. The van der Waals surface area contributed by atoms with Crippen LogP contribution in [0.4, 0.5) is 11.5 Å². The van der Waals surface area contributed by atoms with Crippen molar-refractivity contribution in [2.75, 3.05) is 50.4 Å². The first kappa shape index (κ1) is 16.2. The maximum absolute atomic E-state index is 9.41. The summed E-state index contributed by atoms with van der Waals surface area (Å²) in [7, 11) is 0. The topological polar surface area (TPSA) is 87.2 Å². The van der Waals surface area contributed by atoms with Gasteiger partial charge in [0.05, 0.1) is 18.8 Å². The van der Waals surface area contributed by atoms with Crippen molar-refractivity contribution < 1.29 is 4.74 Å². The Labute approximate surface area is 141 Å². The number of nitrogens with zero attached hydrogens (tertiary/aromatic N) is 3. The number of nitrogens with one attached hydrogen (secondary N) is 1. The van der Waals surface area contributed by atoms with Crippen LogP contribution in [0.1, 0.15) is 5.56 Å². The van der Waals surface area contributed by atoms with Gasteiger partial charge in [0, 0.05) is 43.6 Å². The number of aromatic nitrogens is 1. The van der Waals surface area contributed by atoms with Gasteiger partial charge in [-0.3, -0.25) is 4.90 Å². The van der Waals surface area contributed by atoms with Gasteiger partial charge >= 0.3 is 0 Å². The summed E-state index contributed by atoms with van der Waals surface area (Å²) >= 11 is 0. The Balaban J connectivity index is 1.65. The summed E-state index contributed by atoms with van der Waals surface area (Å²) < 4.78 is 5.34. The number of hydrogen-bond acceptors (Lipinski definition) is 6. The van der Waals surface area contributed by atoms with Gasteiger partial charge in [0.15, 0.2) is 0 Å². The van der Waals surface area contributed by atoms with E-state index in [1.807, 2.05) is 30.3 Å². The van der Waals surface area contributed by atoms with Crippen molar-refractivity contribution in [2.24, 2.45) is 0 Å². The minimum absolute atomic E-state index is 0.548. The molecule has 1 aliphatic heterocycles. The summed E-state index contributed by atoms with van der Waals surface area (Å²) in [4.78, 5) is 6.76. The number of nitrogen functional groups attached to an aromatic ring is 1. The van der Waals surface area contributed by atoms with Crippen LogP contribution in [0.25, 0.3) is 11.1 Å². The van der Waals surface area contributed by atoms with Gasteiger partial charge in [-0.1, -0.05) is 12.1 Å². The van der Waals surface area contributed by atoms with Crippen molar-refractivity contribution in [3.63, 3.8) is 0 Å². The highest BCUT2D eigenvalue weighted by molar-refractivity contribution is 5.69. The van der Waals surface area contributed by atoms with Crippen molar-refractivity contribution in [1.82, 2.24) is 9.88 Å². The molecule has 0 spiro atoms. The van der Waals surface area contributed by atoms with E-state index in [1.54, 1.807) is 6.20 Å². The lowest BCUT2D eigenvalue weighted by atomic mass is 10.1. The van der Waals surface area contributed by atoms with Crippen molar-refractivity contribution in [1.29, 1.82) is 5.26 Å². The highest BCUT2D eigenvalue weighted by Crippen LogP contribution is 2.23. The molecule has 2 heterocycles. The highest BCUT2D eigenvalue weighted by Gasteiger charge is 2.11. The molecule has 0 saturated carbocycles. The first-order valence-electron chi connectivity index (χ1n) is 8.06. The fraction of sp³-hybridized carbons (Fsp3) is 0.333. The second kappa shape index (κ2) is 7.77. The molecule has 1 aromatic heterocycles. The summed E-state index contributed by atoms with van der Waals surface area (Å²) in [5, 5.41) is 12.7. The number of benzene rings is 1. The predicted octanol–water partition coefficient (Wildman–Crippen LogP) is 1.95. The molecule has 0 radical (unpaired) electrons. The summed E-state index contributed by atoms with van der Waals surface area (Å²) in [6.45, 7) is 5.15. The second-order valence-corrected chi connectivity index (χ2v) is 5.73. The predicted molar refractivity (Wildman–Crippen MR) is 94.5 cm³/mol. The van der Waals surface area contributed by atoms with Crippen LogP contribution in [-0.4, -0.2) is 49.3 Å². The average Bonchev–Trinajstić information content (AvgIpc) is 2.63. The van der Waals surface area contributed by atoms with Crippen LogP contribution < -0.4 is 11.1 Å². The van der Waals surface area contributed by atoms with E-state index < -0.39 is 0 Å². The molecule has 6 nitrogen and oxygen atoms in total. The monoisotopic (exact) mass is 323 g/mol. The standard InChI is InChI=1S/C18H21N5O/c19-12-15-11-16(14-1-3-17(20)4-2-14)13-22-18(15)21-5-6-23-7-9-24-10-8-23/h1-4,11,13H,5-10,20H2,(H,21,22). The number of ether oxygens (including phenoxy) is 1. The van der Waals surface area contributed by atoms with Gasteiger partial charge in [-0.05, 0) is 23.8 Å². The van der Waals surface area contributed by atoms with E-state index in [4.69, 9.17) is 10.5 Å². The minimum Gasteiger partial charge on any atom is -0.399 e. The molecule has 1 aliphatic rings. The zero-order valence-corrected chi connectivity index (χ0v) is 13.5. The molecule has 0 unspecified atom stereocenters. The molecule has 3 N–H and O–H groups in total. The van der Waals surface area contributed by atoms with Crippen molar-refractivity contribution in [3.8, 4) is 17.2 Å². The normalized spacial score (nSPS) is 15.0. The Kier molecular flexibility index (Phi) is 5.26. The van der Waals surface area contributed by atoms with Gasteiger partial charge in [-0.2, -0.15) is 5.26 Å². The van der Waals surface area contributed by atoms with Crippen LogP contribution in [0.5, 0.6) is 0 Å². The number of anilines is 2. The molecule has 24 heavy (non-hydrogen) atoms. The van der Waals surface area contributed by atoms with E-state index in [9.17, 15) is 5.26 Å². The Morgan fingerprint density at radius 1 is 1.21 bits per heavy atom. The highest BCUT2D eigenvalue weighted by atomic mass is 16.5. The molecule has 0 amide bonds. The maximum Gasteiger partial charge on any atom is 0.143 e. The van der Waals surface area contributed by atoms with Gasteiger partial charge in [0.1, 0.15) is 11.9 Å². The summed E-state index contributed by atoms with van der Waals surface area (Å²) in [6, 6.07) is 11.6. The fourth-order valence-electron chi connectivity index (χ4n) is 2.68. The van der Waals surface area contributed by atoms with Crippen molar-refractivity contribution >= 4 is 11.5 Å². The number of nitrogens with two attached hydrogens (primary N) is 1.